The number of aromatic nitrogens is 2. The molecule has 8 nitrogen and oxygen atoms in total. The highest BCUT2D eigenvalue weighted by Crippen LogP contribution is 2.40. The Morgan fingerprint density at radius 3 is 2.80 bits per heavy atom. The molecule has 1 saturated carbocycles. The zero-order valence-electron chi connectivity index (χ0n) is 18.4. The number of nitrogens with zero attached hydrogens (tertiary/aromatic N) is 3. The third kappa shape index (κ3) is 6.37. The summed E-state index contributed by atoms with van der Waals surface area (Å²) in [4.78, 5) is 30.2. The van der Waals surface area contributed by atoms with E-state index in [9.17, 15) is 9.59 Å². The largest absolute Gasteiger partial charge is 0.444 e. The van der Waals surface area contributed by atoms with Crippen molar-refractivity contribution in [2.24, 2.45) is 11.8 Å². The van der Waals surface area contributed by atoms with Crippen LogP contribution in [0.15, 0.2) is 30.7 Å². The van der Waals surface area contributed by atoms with Crippen molar-refractivity contribution < 1.29 is 14.3 Å². The second-order valence-corrected chi connectivity index (χ2v) is 8.90. The second kappa shape index (κ2) is 9.36. The zero-order chi connectivity index (χ0) is 21.7. The molecule has 0 aromatic carbocycles. The molecular weight excluding hydrogens is 382 g/mol. The normalized spacial score (nSPS) is 18.1. The highest BCUT2D eigenvalue weighted by Gasteiger charge is 2.37. The van der Waals surface area contributed by atoms with Crippen molar-refractivity contribution in [2.75, 3.05) is 19.6 Å². The molecule has 2 N–H and O–H groups in total. The number of amides is 3. The van der Waals surface area contributed by atoms with Crippen LogP contribution in [0.4, 0.5) is 9.59 Å². The maximum Gasteiger partial charge on any atom is 0.410 e. The van der Waals surface area contributed by atoms with E-state index >= 15 is 0 Å². The number of carbonyl (C=O) groups excluding carboxylic acids is 2. The van der Waals surface area contributed by atoms with Gasteiger partial charge in [0.2, 0.25) is 0 Å². The molecule has 2 aromatic heterocycles. The van der Waals surface area contributed by atoms with Crippen LogP contribution in [0.1, 0.15) is 46.1 Å². The van der Waals surface area contributed by atoms with Crippen molar-refractivity contribution in [3.8, 4) is 0 Å². The average Bonchev–Trinajstić information content (AvgIpc) is 3.26. The van der Waals surface area contributed by atoms with Crippen molar-refractivity contribution in [2.45, 2.75) is 52.7 Å². The molecule has 0 aliphatic heterocycles. The Hall–Kier alpha value is -2.77. The molecule has 1 aliphatic carbocycles. The van der Waals surface area contributed by atoms with Crippen LogP contribution in [0.25, 0.3) is 5.65 Å². The van der Waals surface area contributed by atoms with Gasteiger partial charge >= 0.3 is 12.1 Å². The Balaban J connectivity index is 1.32. The van der Waals surface area contributed by atoms with E-state index in [1.54, 1.807) is 11.1 Å². The van der Waals surface area contributed by atoms with E-state index in [0.29, 0.717) is 38.0 Å². The Bertz CT molecular complexity index is 873. The van der Waals surface area contributed by atoms with Gasteiger partial charge in [0.1, 0.15) is 11.2 Å². The summed E-state index contributed by atoms with van der Waals surface area (Å²) in [5.74, 6) is 1.03. The van der Waals surface area contributed by atoms with Crippen LogP contribution >= 0.6 is 0 Å². The number of fused-ring (bicyclic) bond motifs is 1. The second-order valence-electron chi connectivity index (χ2n) is 8.90. The van der Waals surface area contributed by atoms with Crippen molar-refractivity contribution in [3.63, 3.8) is 0 Å². The average molecular weight is 416 g/mol. The van der Waals surface area contributed by atoms with Gasteiger partial charge in [-0.3, -0.25) is 0 Å². The summed E-state index contributed by atoms with van der Waals surface area (Å²) in [6.45, 7) is 10.1. The summed E-state index contributed by atoms with van der Waals surface area (Å²) >= 11 is 0. The van der Waals surface area contributed by atoms with Crippen LogP contribution in [0.3, 0.4) is 0 Å². The first kappa shape index (κ1) is 21.9. The molecule has 2 unspecified atom stereocenters. The molecule has 0 radical (unpaired) electrons. The van der Waals surface area contributed by atoms with Crippen LogP contribution in [-0.2, 0) is 11.3 Å². The first-order chi connectivity index (χ1) is 14.2. The fraction of sp³-hybridized carbons (Fsp3) is 0.591. The molecule has 0 bridgehead atoms. The molecule has 0 saturated heterocycles. The first-order valence-electron chi connectivity index (χ1n) is 10.7. The number of nitrogens with one attached hydrogen (secondary N) is 2. The van der Waals surface area contributed by atoms with Crippen LogP contribution in [0.5, 0.6) is 0 Å². The Morgan fingerprint density at radius 2 is 2.07 bits per heavy atom. The molecule has 1 fully saturated rings. The molecule has 2 atom stereocenters. The van der Waals surface area contributed by atoms with E-state index in [4.69, 9.17) is 4.74 Å². The third-order valence-electron chi connectivity index (χ3n) is 5.30. The number of urea groups is 1. The third-order valence-corrected chi connectivity index (χ3v) is 5.30. The topological polar surface area (TPSA) is 88.0 Å². The lowest BCUT2D eigenvalue weighted by atomic mass is 10.2. The first-order valence-corrected chi connectivity index (χ1v) is 10.7. The van der Waals surface area contributed by atoms with Crippen molar-refractivity contribution in [1.29, 1.82) is 0 Å². The Labute approximate surface area is 178 Å². The SMILES string of the molecule is CCN(CCC1CC1CNC(=O)NCc1ccc2nccn2c1)C(=O)OC(C)(C)C. The molecule has 164 valence electrons. The summed E-state index contributed by atoms with van der Waals surface area (Å²) in [5.41, 5.74) is 1.42. The summed E-state index contributed by atoms with van der Waals surface area (Å²) in [6, 6.07) is 3.74. The zero-order valence-corrected chi connectivity index (χ0v) is 18.4. The van der Waals surface area contributed by atoms with Crippen LogP contribution in [-0.4, -0.2) is 51.6 Å². The van der Waals surface area contributed by atoms with E-state index in [1.807, 2.05) is 56.6 Å². The van der Waals surface area contributed by atoms with Gasteiger partial charge < -0.3 is 24.7 Å². The van der Waals surface area contributed by atoms with E-state index in [0.717, 1.165) is 24.1 Å². The molecule has 3 rings (SSSR count). The summed E-state index contributed by atoms with van der Waals surface area (Å²) in [7, 11) is 0. The predicted octanol–water partition coefficient (Wildman–Crippen LogP) is 3.42. The van der Waals surface area contributed by atoms with E-state index in [1.165, 1.54) is 0 Å². The fourth-order valence-electron chi connectivity index (χ4n) is 3.48. The molecule has 8 heteroatoms. The van der Waals surface area contributed by atoms with Gasteiger partial charge in [-0.25, -0.2) is 14.6 Å². The lowest BCUT2D eigenvalue weighted by Crippen LogP contribution is -2.37. The van der Waals surface area contributed by atoms with Gasteiger partial charge in [0, 0.05) is 44.8 Å². The molecular formula is C22H33N5O3. The van der Waals surface area contributed by atoms with Gasteiger partial charge in [-0.05, 0) is 64.0 Å². The van der Waals surface area contributed by atoms with Gasteiger partial charge in [0.25, 0.3) is 0 Å². The minimum atomic E-state index is -0.478. The highest BCUT2D eigenvalue weighted by molar-refractivity contribution is 5.73. The standard InChI is InChI=1S/C22H33N5O3/c1-5-26(21(29)30-22(2,3)4)10-8-17-12-18(17)14-25-20(28)24-13-16-6-7-19-23-9-11-27(19)15-16/h6-7,9,11,15,17-18H,5,8,10,12-14H2,1-4H3,(H2,24,25,28). The van der Waals surface area contributed by atoms with E-state index in [-0.39, 0.29) is 12.1 Å². The molecule has 0 spiro atoms. The molecule has 3 amide bonds. The summed E-state index contributed by atoms with van der Waals surface area (Å²) in [6.07, 6.45) is 7.36. The number of ether oxygens (including phenoxy) is 1. The van der Waals surface area contributed by atoms with Crippen molar-refractivity contribution in [1.82, 2.24) is 24.9 Å². The number of pyridine rings is 1. The monoisotopic (exact) mass is 415 g/mol. The predicted molar refractivity (Wildman–Crippen MR) is 115 cm³/mol. The number of hydrogen-bond acceptors (Lipinski definition) is 4. The van der Waals surface area contributed by atoms with Gasteiger partial charge in [0.15, 0.2) is 0 Å². The summed E-state index contributed by atoms with van der Waals surface area (Å²) < 4.78 is 7.38. The number of imidazole rings is 1. The quantitative estimate of drug-likeness (QED) is 0.692. The van der Waals surface area contributed by atoms with E-state index < -0.39 is 5.60 Å². The number of rotatable bonds is 8. The minimum Gasteiger partial charge on any atom is -0.444 e. The summed E-state index contributed by atoms with van der Waals surface area (Å²) in [5, 5.41) is 5.85. The van der Waals surface area contributed by atoms with Gasteiger partial charge in [-0.15, -0.1) is 0 Å². The van der Waals surface area contributed by atoms with Gasteiger partial charge in [-0.1, -0.05) is 6.07 Å². The van der Waals surface area contributed by atoms with Gasteiger partial charge in [0.05, 0.1) is 0 Å². The van der Waals surface area contributed by atoms with Crippen LogP contribution in [0, 0.1) is 11.8 Å². The van der Waals surface area contributed by atoms with Crippen molar-refractivity contribution >= 4 is 17.8 Å². The van der Waals surface area contributed by atoms with E-state index in [2.05, 4.69) is 15.6 Å². The molecule has 1 aliphatic rings. The Morgan fingerprint density at radius 1 is 1.27 bits per heavy atom. The van der Waals surface area contributed by atoms with Crippen molar-refractivity contribution in [3.05, 3.63) is 36.3 Å². The van der Waals surface area contributed by atoms with Gasteiger partial charge in [-0.2, -0.15) is 0 Å². The molecule has 30 heavy (non-hydrogen) atoms. The minimum absolute atomic E-state index is 0.157. The van der Waals surface area contributed by atoms with Crippen LogP contribution < -0.4 is 10.6 Å². The number of hydrogen-bond donors (Lipinski definition) is 2. The maximum absolute atomic E-state index is 12.2. The number of carbonyl (C=O) groups is 2. The highest BCUT2D eigenvalue weighted by atomic mass is 16.6. The lowest BCUT2D eigenvalue weighted by Gasteiger charge is -2.26. The fourth-order valence-corrected chi connectivity index (χ4v) is 3.48. The maximum atomic E-state index is 12.2. The molecule has 2 heterocycles. The Kier molecular flexibility index (Phi) is 6.84. The molecule has 2 aromatic rings. The van der Waals surface area contributed by atoms with Crippen LogP contribution in [0.2, 0.25) is 0 Å². The smallest absolute Gasteiger partial charge is 0.410 e. The lowest BCUT2D eigenvalue weighted by molar-refractivity contribution is 0.0255.